The second kappa shape index (κ2) is 3.33. The number of hydrogen-bond acceptors (Lipinski definition) is 3. The quantitative estimate of drug-likeness (QED) is 0.499. The van der Waals surface area contributed by atoms with E-state index in [0.717, 1.165) is 9.66 Å². The minimum Gasteiger partial charge on any atom is -0.377 e. The second-order valence-corrected chi connectivity index (χ2v) is 4.48. The smallest absolute Gasteiger partial charge is 0.236 e. The SMILES string of the molecule is [CH2-]S(=O)(=O)[n+]1ccc(N(C)C)cc1. The molecule has 0 N–H and O–H groups in total. The summed E-state index contributed by atoms with van der Waals surface area (Å²) in [6, 6.07) is 3.42. The Labute approximate surface area is 78.5 Å². The summed E-state index contributed by atoms with van der Waals surface area (Å²) in [6.45, 7) is 0. The van der Waals surface area contributed by atoms with Crippen LogP contribution < -0.4 is 8.87 Å². The molecule has 1 aromatic rings. The molecule has 0 radical (unpaired) electrons. The van der Waals surface area contributed by atoms with Gasteiger partial charge in [0.15, 0.2) is 12.4 Å². The van der Waals surface area contributed by atoms with E-state index in [4.69, 9.17) is 0 Å². The van der Waals surface area contributed by atoms with Crippen molar-refractivity contribution in [2.75, 3.05) is 19.0 Å². The van der Waals surface area contributed by atoms with Crippen molar-refractivity contribution in [3.05, 3.63) is 30.8 Å². The number of pyridine rings is 1. The Morgan fingerprint density at radius 1 is 1.31 bits per heavy atom. The molecule has 4 nitrogen and oxygen atoms in total. The van der Waals surface area contributed by atoms with E-state index in [2.05, 4.69) is 6.26 Å². The summed E-state index contributed by atoms with van der Waals surface area (Å²) in [5.41, 5.74) is 0.944. The Bertz CT molecular complexity index is 381. The molecule has 0 aliphatic carbocycles. The van der Waals surface area contributed by atoms with Gasteiger partial charge in [0.25, 0.3) is 0 Å². The van der Waals surface area contributed by atoms with Crippen molar-refractivity contribution in [1.82, 2.24) is 0 Å². The van der Waals surface area contributed by atoms with Crippen LogP contribution in [0.5, 0.6) is 0 Å². The molecule has 0 unspecified atom stereocenters. The van der Waals surface area contributed by atoms with E-state index >= 15 is 0 Å². The third kappa shape index (κ3) is 2.42. The molecule has 0 fully saturated rings. The van der Waals surface area contributed by atoms with E-state index in [0.29, 0.717) is 0 Å². The fraction of sp³-hybridized carbons (Fsp3) is 0.250. The minimum atomic E-state index is -3.40. The fourth-order valence-corrected chi connectivity index (χ4v) is 1.38. The lowest BCUT2D eigenvalue weighted by Gasteiger charge is -2.10. The maximum absolute atomic E-state index is 11.0. The lowest BCUT2D eigenvalue weighted by molar-refractivity contribution is -0.509. The van der Waals surface area contributed by atoms with E-state index in [1.807, 2.05) is 19.0 Å². The van der Waals surface area contributed by atoms with Crippen LogP contribution in [0.25, 0.3) is 0 Å². The van der Waals surface area contributed by atoms with Crippen molar-refractivity contribution in [2.45, 2.75) is 0 Å². The first-order valence-electron chi connectivity index (χ1n) is 3.68. The minimum absolute atomic E-state index is 0.944. The van der Waals surface area contributed by atoms with Gasteiger partial charge in [-0.05, 0) is 0 Å². The molecule has 0 aromatic carbocycles. The summed E-state index contributed by atoms with van der Waals surface area (Å²) in [6.07, 6.45) is 5.98. The summed E-state index contributed by atoms with van der Waals surface area (Å²) in [5, 5.41) is 0. The van der Waals surface area contributed by atoms with Crippen molar-refractivity contribution < 1.29 is 12.4 Å². The molecule has 1 heterocycles. The van der Waals surface area contributed by atoms with Gasteiger partial charge in [-0.2, -0.15) is 14.7 Å². The Morgan fingerprint density at radius 2 is 1.77 bits per heavy atom. The van der Waals surface area contributed by atoms with Crippen molar-refractivity contribution in [1.29, 1.82) is 0 Å². The normalized spacial score (nSPS) is 11.3. The van der Waals surface area contributed by atoms with Gasteiger partial charge in [-0.3, -0.25) is 0 Å². The Kier molecular flexibility index (Phi) is 2.56. The molecule has 0 saturated heterocycles. The van der Waals surface area contributed by atoms with E-state index in [1.54, 1.807) is 12.1 Å². The van der Waals surface area contributed by atoms with Crippen LogP contribution in [0, 0.1) is 6.26 Å². The van der Waals surface area contributed by atoms with Crippen LogP contribution in [0.2, 0.25) is 0 Å². The molecule has 0 aliphatic heterocycles. The van der Waals surface area contributed by atoms with E-state index < -0.39 is 10.0 Å². The van der Waals surface area contributed by atoms with Gasteiger partial charge < -0.3 is 4.90 Å². The third-order valence-electron chi connectivity index (χ3n) is 1.62. The highest BCUT2D eigenvalue weighted by molar-refractivity contribution is 7.86. The zero-order valence-electron chi connectivity index (χ0n) is 7.64. The molecule has 0 atom stereocenters. The summed E-state index contributed by atoms with van der Waals surface area (Å²) in [5.74, 6) is 0. The van der Waals surface area contributed by atoms with Crippen LogP contribution in [0.15, 0.2) is 24.5 Å². The molecular weight excluding hydrogens is 188 g/mol. The first-order chi connectivity index (χ1) is 5.91. The molecular formula is C8H12N2O2S. The average Bonchev–Trinajstić information content (AvgIpc) is 2.03. The van der Waals surface area contributed by atoms with E-state index in [9.17, 15) is 8.42 Å². The van der Waals surface area contributed by atoms with Crippen molar-refractivity contribution in [3.63, 3.8) is 0 Å². The van der Waals surface area contributed by atoms with Crippen LogP contribution in [0.1, 0.15) is 0 Å². The van der Waals surface area contributed by atoms with Gasteiger partial charge in [0.1, 0.15) is 0 Å². The fourth-order valence-electron chi connectivity index (χ4n) is 0.888. The first kappa shape index (κ1) is 9.98. The summed E-state index contributed by atoms with van der Waals surface area (Å²) in [7, 11) is 0.377. The van der Waals surface area contributed by atoms with Gasteiger partial charge in [0.2, 0.25) is 10.0 Å². The van der Waals surface area contributed by atoms with Crippen molar-refractivity contribution in [3.8, 4) is 0 Å². The highest BCUT2D eigenvalue weighted by Gasteiger charge is 2.06. The topological polar surface area (TPSA) is 41.3 Å². The predicted octanol–water partition coefficient (Wildman–Crippen LogP) is 0.00959. The maximum atomic E-state index is 11.0. The number of rotatable bonds is 2. The summed E-state index contributed by atoms with van der Waals surface area (Å²) in [4.78, 5) is 1.89. The molecule has 1 aromatic heterocycles. The van der Waals surface area contributed by atoms with Crippen LogP contribution in [0.4, 0.5) is 5.69 Å². The zero-order chi connectivity index (χ0) is 10.1. The Hall–Kier alpha value is -1.10. The molecule has 72 valence electrons. The molecule has 5 heteroatoms. The summed E-state index contributed by atoms with van der Waals surface area (Å²) >= 11 is 0. The van der Waals surface area contributed by atoms with Gasteiger partial charge in [0, 0.05) is 31.9 Å². The third-order valence-corrected chi connectivity index (χ3v) is 2.51. The predicted molar refractivity (Wildman–Crippen MR) is 50.6 cm³/mol. The van der Waals surface area contributed by atoms with Gasteiger partial charge in [0.05, 0.1) is 0 Å². The van der Waals surface area contributed by atoms with Gasteiger partial charge in [-0.25, -0.2) is 0 Å². The maximum Gasteiger partial charge on any atom is 0.236 e. The highest BCUT2D eigenvalue weighted by atomic mass is 32.2. The van der Waals surface area contributed by atoms with Crippen LogP contribution >= 0.6 is 0 Å². The van der Waals surface area contributed by atoms with Crippen LogP contribution in [0.3, 0.4) is 0 Å². The van der Waals surface area contributed by atoms with Crippen LogP contribution in [-0.4, -0.2) is 22.5 Å². The Balaban J connectivity index is 3.08. The van der Waals surface area contributed by atoms with E-state index in [-0.39, 0.29) is 0 Å². The standard InChI is InChI=1S/C8H12N2O2S/c1-9(2)8-4-6-10(7-5-8)13(3,11)12/h4-7H,3H2,1-2H3. The average molecular weight is 200 g/mol. The molecule has 1 rings (SSSR count). The zero-order valence-corrected chi connectivity index (χ0v) is 8.45. The molecule has 0 aliphatic rings. The molecule has 0 bridgehead atoms. The largest absolute Gasteiger partial charge is 0.377 e. The number of anilines is 1. The molecule has 0 saturated carbocycles. The number of hydrogen-bond donors (Lipinski definition) is 0. The first-order valence-corrected chi connectivity index (χ1v) is 5.29. The summed E-state index contributed by atoms with van der Waals surface area (Å²) < 4.78 is 23.0. The molecule has 0 amide bonds. The lowest BCUT2D eigenvalue weighted by atomic mass is 10.4. The van der Waals surface area contributed by atoms with Gasteiger partial charge in [-0.1, -0.05) is 0 Å². The Morgan fingerprint density at radius 3 is 2.08 bits per heavy atom. The van der Waals surface area contributed by atoms with Gasteiger partial charge >= 0.3 is 0 Å². The van der Waals surface area contributed by atoms with Crippen molar-refractivity contribution in [2.24, 2.45) is 0 Å². The molecule has 0 spiro atoms. The van der Waals surface area contributed by atoms with E-state index in [1.165, 1.54) is 12.4 Å². The van der Waals surface area contributed by atoms with Gasteiger partial charge in [-0.15, -0.1) is 3.97 Å². The number of aromatic nitrogens is 1. The van der Waals surface area contributed by atoms with Crippen molar-refractivity contribution >= 4 is 15.7 Å². The monoisotopic (exact) mass is 200 g/mol. The number of nitrogens with zero attached hydrogens (tertiary/aromatic N) is 2. The lowest BCUT2D eigenvalue weighted by Crippen LogP contribution is -2.39. The van der Waals surface area contributed by atoms with Crippen LogP contribution in [-0.2, 0) is 10.0 Å². The molecule has 13 heavy (non-hydrogen) atoms. The second-order valence-electron chi connectivity index (χ2n) is 2.89. The highest BCUT2D eigenvalue weighted by Crippen LogP contribution is 2.06.